The second kappa shape index (κ2) is 6.78. The standard InChI is InChI=1S/C15H14Cl2N2O2/c1-9(2)21-14-6-3-10(8-18-14)15(20)19-13-5-4-11(16)7-12(13)17/h3-9H,1-2H3,(H,19,20). The van der Waals surface area contributed by atoms with Gasteiger partial charge >= 0.3 is 0 Å². The van der Waals surface area contributed by atoms with E-state index in [1.165, 1.54) is 6.20 Å². The lowest BCUT2D eigenvalue weighted by atomic mass is 10.2. The summed E-state index contributed by atoms with van der Waals surface area (Å²) in [5.74, 6) is 0.175. The zero-order chi connectivity index (χ0) is 15.4. The van der Waals surface area contributed by atoms with Crippen molar-refractivity contribution in [2.75, 3.05) is 5.32 Å². The quantitative estimate of drug-likeness (QED) is 0.905. The summed E-state index contributed by atoms with van der Waals surface area (Å²) in [5.41, 5.74) is 0.908. The van der Waals surface area contributed by atoms with Crippen LogP contribution in [0.15, 0.2) is 36.5 Å². The smallest absolute Gasteiger partial charge is 0.257 e. The van der Waals surface area contributed by atoms with E-state index in [0.29, 0.717) is 27.2 Å². The third kappa shape index (κ3) is 4.34. The average molecular weight is 325 g/mol. The first-order chi connectivity index (χ1) is 9.95. The summed E-state index contributed by atoms with van der Waals surface area (Å²) in [6.07, 6.45) is 1.49. The highest BCUT2D eigenvalue weighted by atomic mass is 35.5. The number of nitrogens with one attached hydrogen (secondary N) is 1. The van der Waals surface area contributed by atoms with Crippen LogP contribution in [0.3, 0.4) is 0 Å². The van der Waals surface area contributed by atoms with E-state index in [-0.39, 0.29) is 12.0 Å². The fourth-order valence-electron chi connectivity index (χ4n) is 1.61. The normalized spacial score (nSPS) is 10.5. The molecular weight excluding hydrogens is 311 g/mol. The van der Waals surface area contributed by atoms with E-state index >= 15 is 0 Å². The van der Waals surface area contributed by atoms with Crippen molar-refractivity contribution >= 4 is 34.8 Å². The maximum Gasteiger partial charge on any atom is 0.257 e. The van der Waals surface area contributed by atoms with Crippen molar-refractivity contribution < 1.29 is 9.53 Å². The minimum absolute atomic E-state index is 0.0325. The number of amides is 1. The number of hydrogen-bond donors (Lipinski definition) is 1. The number of aromatic nitrogens is 1. The Bertz CT molecular complexity index is 643. The molecule has 0 bridgehead atoms. The second-order valence-corrected chi connectivity index (χ2v) is 5.47. The molecule has 1 N–H and O–H groups in total. The van der Waals surface area contributed by atoms with Gasteiger partial charge in [-0.2, -0.15) is 0 Å². The molecule has 1 aromatic heterocycles. The highest BCUT2D eigenvalue weighted by Crippen LogP contribution is 2.25. The fourth-order valence-corrected chi connectivity index (χ4v) is 2.07. The van der Waals surface area contributed by atoms with Crippen molar-refractivity contribution in [3.63, 3.8) is 0 Å². The summed E-state index contributed by atoms with van der Waals surface area (Å²) in [6.45, 7) is 3.82. The number of benzene rings is 1. The van der Waals surface area contributed by atoms with Gasteiger partial charge in [0, 0.05) is 17.3 Å². The van der Waals surface area contributed by atoms with E-state index < -0.39 is 0 Å². The van der Waals surface area contributed by atoms with Crippen LogP contribution in [0.4, 0.5) is 5.69 Å². The van der Waals surface area contributed by atoms with Gasteiger partial charge < -0.3 is 10.1 Å². The lowest BCUT2D eigenvalue weighted by Crippen LogP contribution is -2.13. The van der Waals surface area contributed by atoms with E-state index in [1.807, 2.05) is 13.8 Å². The maximum atomic E-state index is 12.1. The van der Waals surface area contributed by atoms with Gasteiger partial charge in [0.15, 0.2) is 0 Å². The molecule has 110 valence electrons. The Balaban J connectivity index is 2.09. The zero-order valence-electron chi connectivity index (χ0n) is 11.6. The molecule has 0 aliphatic rings. The predicted molar refractivity (Wildman–Crippen MR) is 84.4 cm³/mol. The van der Waals surface area contributed by atoms with Crippen molar-refractivity contribution in [1.29, 1.82) is 0 Å². The van der Waals surface area contributed by atoms with Crippen LogP contribution < -0.4 is 10.1 Å². The van der Waals surface area contributed by atoms with Gasteiger partial charge in [0.25, 0.3) is 5.91 Å². The molecule has 1 heterocycles. The molecule has 1 amide bonds. The molecule has 0 spiro atoms. The van der Waals surface area contributed by atoms with Gasteiger partial charge in [-0.05, 0) is 38.1 Å². The summed E-state index contributed by atoms with van der Waals surface area (Å²) in [4.78, 5) is 16.2. The first-order valence-electron chi connectivity index (χ1n) is 6.35. The lowest BCUT2D eigenvalue weighted by molar-refractivity contribution is 0.102. The van der Waals surface area contributed by atoms with Crippen molar-refractivity contribution in [1.82, 2.24) is 4.98 Å². The molecule has 0 aliphatic heterocycles. The van der Waals surface area contributed by atoms with Crippen LogP contribution in [0, 0.1) is 0 Å². The topological polar surface area (TPSA) is 51.2 Å². The summed E-state index contributed by atoms with van der Waals surface area (Å²) in [7, 11) is 0. The Kier molecular flexibility index (Phi) is 5.04. The van der Waals surface area contributed by atoms with Gasteiger partial charge in [0.05, 0.1) is 22.4 Å². The van der Waals surface area contributed by atoms with E-state index in [4.69, 9.17) is 27.9 Å². The SMILES string of the molecule is CC(C)Oc1ccc(C(=O)Nc2ccc(Cl)cc2Cl)cn1. The third-order valence-corrected chi connectivity index (χ3v) is 3.08. The molecule has 4 nitrogen and oxygen atoms in total. The molecule has 2 aromatic rings. The van der Waals surface area contributed by atoms with E-state index in [2.05, 4.69) is 10.3 Å². The molecule has 0 saturated carbocycles. The molecule has 21 heavy (non-hydrogen) atoms. The number of anilines is 1. The van der Waals surface area contributed by atoms with E-state index in [0.717, 1.165) is 0 Å². The first kappa shape index (κ1) is 15.6. The van der Waals surface area contributed by atoms with Gasteiger partial charge in [-0.15, -0.1) is 0 Å². The van der Waals surface area contributed by atoms with Gasteiger partial charge in [-0.3, -0.25) is 4.79 Å². The fraction of sp³-hybridized carbons (Fsp3) is 0.200. The van der Waals surface area contributed by atoms with Gasteiger partial charge in [0.2, 0.25) is 5.88 Å². The highest BCUT2D eigenvalue weighted by Gasteiger charge is 2.10. The molecule has 0 unspecified atom stereocenters. The summed E-state index contributed by atoms with van der Waals surface area (Å²) < 4.78 is 5.42. The molecule has 0 aliphatic carbocycles. The monoisotopic (exact) mass is 324 g/mol. The number of halogens is 2. The predicted octanol–water partition coefficient (Wildman–Crippen LogP) is 4.43. The zero-order valence-corrected chi connectivity index (χ0v) is 13.1. The number of hydrogen-bond acceptors (Lipinski definition) is 3. The number of rotatable bonds is 4. The number of carbonyl (C=O) groups excluding carboxylic acids is 1. The van der Waals surface area contributed by atoms with Crippen molar-refractivity contribution in [3.05, 3.63) is 52.1 Å². The second-order valence-electron chi connectivity index (χ2n) is 4.63. The van der Waals surface area contributed by atoms with Gasteiger partial charge in [-0.25, -0.2) is 4.98 Å². The maximum absolute atomic E-state index is 12.1. The molecule has 0 radical (unpaired) electrons. The molecule has 2 rings (SSSR count). The largest absolute Gasteiger partial charge is 0.475 e. The number of pyridine rings is 1. The van der Waals surface area contributed by atoms with Crippen molar-refractivity contribution in [2.24, 2.45) is 0 Å². The number of carbonyl (C=O) groups is 1. The van der Waals surface area contributed by atoms with E-state index in [9.17, 15) is 4.79 Å². The summed E-state index contributed by atoms with van der Waals surface area (Å²) in [6, 6.07) is 8.16. The van der Waals surface area contributed by atoms with Crippen molar-refractivity contribution in [3.8, 4) is 5.88 Å². The van der Waals surface area contributed by atoms with Crippen LogP contribution >= 0.6 is 23.2 Å². The molecule has 6 heteroatoms. The molecule has 0 saturated heterocycles. The molecular formula is C15H14Cl2N2O2. The number of ether oxygens (including phenoxy) is 1. The van der Waals surface area contributed by atoms with Crippen LogP contribution in [-0.2, 0) is 0 Å². The average Bonchev–Trinajstić information content (AvgIpc) is 2.42. The number of nitrogens with zero attached hydrogens (tertiary/aromatic N) is 1. The van der Waals surface area contributed by atoms with Crippen LogP contribution in [0.25, 0.3) is 0 Å². The van der Waals surface area contributed by atoms with Crippen LogP contribution in [0.1, 0.15) is 24.2 Å². The Morgan fingerprint density at radius 1 is 1.24 bits per heavy atom. The minimum atomic E-state index is -0.303. The Labute approximate surface area is 133 Å². The summed E-state index contributed by atoms with van der Waals surface area (Å²) in [5, 5.41) is 3.59. The Morgan fingerprint density at radius 3 is 2.57 bits per heavy atom. The van der Waals surface area contributed by atoms with Gasteiger partial charge in [-0.1, -0.05) is 23.2 Å². The first-order valence-corrected chi connectivity index (χ1v) is 7.10. The summed E-state index contributed by atoms with van der Waals surface area (Å²) >= 11 is 11.8. The molecule has 0 atom stereocenters. The third-order valence-electron chi connectivity index (χ3n) is 2.53. The minimum Gasteiger partial charge on any atom is -0.475 e. The molecule has 0 fully saturated rings. The highest BCUT2D eigenvalue weighted by molar-refractivity contribution is 6.36. The van der Waals surface area contributed by atoms with Crippen LogP contribution in [0.2, 0.25) is 10.0 Å². The lowest BCUT2D eigenvalue weighted by Gasteiger charge is -2.10. The van der Waals surface area contributed by atoms with Crippen LogP contribution in [-0.4, -0.2) is 17.0 Å². The van der Waals surface area contributed by atoms with E-state index in [1.54, 1.807) is 30.3 Å². The van der Waals surface area contributed by atoms with Crippen LogP contribution in [0.5, 0.6) is 5.88 Å². The van der Waals surface area contributed by atoms with Crippen molar-refractivity contribution in [2.45, 2.75) is 20.0 Å². The van der Waals surface area contributed by atoms with Gasteiger partial charge in [0.1, 0.15) is 0 Å². The Morgan fingerprint density at radius 2 is 2.00 bits per heavy atom. The Hall–Kier alpha value is -1.78. The molecule has 1 aromatic carbocycles.